The molecule has 4 rings (SSSR count). The number of allylic oxidation sites excluding steroid dienone is 5. The van der Waals surface area contributed by atoms with E-state index in [1.807, 2.05) is 33.8 Å². The second kappa shape index (κ2) is 23.6. The Balaban J connectivity index is 0.00000992. The molecule has 1 amide bonds. The van der Waals surface area contributed by atoms with Crippen molar-refractivity contribution in [2.24, 2.45) is 34.7 Å². The monoisotopic (exact) mass is 863 g/mol. The average molecular weight is 863 g/mol. The number of hydrogen-bond acceptors (Lipinski definition) is 13. The molecule has 0 aromatic heterocycles. The van der Waals surface area contributed by atoms with Crippen molar-refractivity contribution in [3.05, 3.63) is 34.9 Å². The van der Waals surface area contributed by atoms with Crippen LogP contribution in [0.1, 0.15) is 127 Å². The van der Waals surface area contributed by atoms with Crippen molar-refractivity contribution in [2.45, 2.75) is 181 Å². The molecule has 0 aromatic rings. The lowest BCUT2D eigenvalue weighted by atomic mass is 9.81. The first kappa shape index (κ1) is 52.4. The summed E-state index contributed by atoms with van der Waals surface area (Å²) in [6.45, 7) is 13.4. The van der Waals surface area contributed by atoms with Crippen LogP contribution in [0.15, 0.2) is 40.1 Å². The Kier molecular flexibility index (Phi) is 20.3. The van der Waals surface area contributed by atoms with Crippen LogP contribution in [0.25, 0.3) is 0 Å². The lowest BCUT2D eigenvalue weighted by molar-refractivity contribution is -0.302. The molecule has 2 bridgehead atoms. The molecule has 0 radical (unpaired) electrons. The molecule has 0 spiro atoms. The second-order valence-corrected chi connectivity index (χ2v) is 18.4. The maximum Gasteiger partial charge on any atom is 0.329 e. The molecule has 1 aliphatic carbocycles. The Morgan fingerprint density at radius 2 is 1.57 bits per heavy atom. The normalized spacial score (nSPS) is 39.5. The maximum absolute atomic E-state index is 14.4. The van der Waals surface area contributed by atoms with Gasteiger partial charge in [0.15, 0.2) is 0 Å². The predicted molar refractivity (Wildman–Crippen MR) is 233 cm³/mol. The first-order valence-electron chi connectivity index (χ1n) is 22.0. The first-order valence-corrected chi connectivity index (χ1v) is 22.0. The summed E-state index contributed by atoms with van der Waals surface area (Å²) >= 11 is 0. The number of amides is 1. The molecule has 0 aromatic carbocycles. The highest BCUT2D eigenvalue weighted by Crippen LogP contribution is 2.39. The predicted octanol–water partition coefficient (Wildman–Crippen LogP) is 6.32. The van der Waals surface area contributed by atoms with E-state index < -0.39 is 77.9 Å². The fourth-order valence-corrected chi connectivity index (χ4v) is 9.74. The molecule has 14 atom stereocenters. The highest BCUT2D eigenvalue weighted by Gasteiger charge is 2.56. The number of oxime groups is 1. The van der Waals surface area contributed by atoms with Crippen molar-refractivity contribution in [3.8, 4) is 0 Å². The van der Waals surface area contributed by atoms with Crippen LogP contribution in [0.5, 0.6) is 0 Å². The number of ether oxygens (including phenoxy) is 5. The summed E-state index contributed by atoms with van der Waals surface area (Å²) in [5.74, 6) is -7.32. The van der Waals surface area contributed by atoms with E-state index in [2.05, 4.69) is 24.2 Å². The van der Waals surface area contributed by atoms with Gasteiger partial charge >= 0.3 is 5.97 Å². The number of aliphatic hydroxyl groups is 3. The molecule has 1 saturated carbocycles. The van der Waals surface area contributed by atoms with Crippen molar-refractivity contribution >= 4 is 23.4 Å². The zero-order valence-electron chi connectivity index (χ0n) is 37.7. The van der Waals surface area contributed by atoms with Gasteiger partial charge < -0.3 is 49.1 Å². The lowest BCUT2D eigenvalue weighted by Crippen LogP contribution is -2.64. The Hall–Kier alpha value is -2.98. The largest absolute Gasteiger partial charge is 0.456 e. The number of nitrogens with zero attached hydrogens (tertiary/aromatic N) is 2. The van der Waals surface area contributed by atoms with E-state index in [4.69, 9.17) is 23.7 Å². The summed E-state index contributed by atoms with van der Waals surface area (Å²) in [5.41, 5.74) is 3.16. The minimum atomic E-state index is -2.51. The Morgan fingerprint density at radius 1 is 0.918 bits per heavy atom. The van der Waals surface area contributed by atoms with Crippen LogP contribution >= 0.6 is 0 Å². The van der Waals surface area contributed by atoms with E-state index in [1.54, 1.807) is 21.0 Å². The summed E-state index contributed by atoms with van der Waals surface area (Å²) in [4.78, 5) is 44.2. The number of methoxy groups -OCH3 is 3. The molecule has 61 heavy (non-hydrogen) atoms. The van der Waals surface area contributed by atoms with Gasteiger partial charge in [-0.3, -0.25) is 9.59 Å². The van der Waals surface area contributed by atoms with Crippen LogP contribution in [0.2, 0.25) is 0 Å². The van der Waals surface area contributed by atoms with Crippen LogP contribution in [-0.4, -0.2) is 131 Å². The number of Topliss-reactive ketones (excluding diaryl/α,β-unsaturated/α-hetero) is 1. The van der Waals surface area contributed by atoms with Gasteiger partial charge in [-0.15, -0.1) is 0 Å². The zero-order valence-corrected chi connectivity index (χ0v) is 37.7. The quantitative estimate of drug-likeness (QED) is 0.0734. The smallest absolute Gasteiger partial charge is 0.329 e. The number of hydrogen-bond donors (Lipinski definition) is 4. The van der Waals surface area contributed by atoms with E-state index in [0.29, 0.717) is 62.7 Å². The molecular weight excluding hydrogens is 785 g/mol. The van der Waals surface area contributed by atoms with Crippen LogP contribution in [0, 0.1) is 29.6 Å². The number of rotatable bonds is 7. The molecule has 3 aliphatic heterocycles. The molecule has 348 valence electrons. The third-order valence-electron chi connectivity index (χ3n) is 13.4. The highest BCUT2D eigenvalue weighted by molar-refractivity contribution is 6.39. The number of carbonyl (C=O) groups excluding carboxylic acids is 3. The lowest BCUT2D eigenvalue weighted by Gasteiger charge is -2.47. The molecule has 2 saturated heterocycles. The third kappa shape index (κ3) is 13.0. The van der Waals surface area contributed by atoms with Gasteiger partial charge in [0, 0.05) is 52.0 Å². The minimum Gasteiger partial charge on any atom is -0.456 e. The van der Waals surface area contributed by atoms with E-state index in [0.717, 1.165) is 11.1 Å². The summed E-state index contributed by atoms with van der Waals surface area (Å²) in [7, 11) is 4.64. The molecule has 14 heteroatoms. The molecule has 4 aliphatic rings. The van der Waals surface area contributed by atoms with Crippen LogP contribution in [0.4, 0.5) is 0 Å². The fraction of sp³-hybridized carbons (Fsp3) is 0.787. The Bertz CT molecular complexity index is 1590. The third-order valence-corrected chi connectivity index (χ3v) is 13.4. The number of cyclic esters (lactones) is 1. The first-order chi connectivity index (χ1) is 28.4. The van der Waals surface area contributed by atoms with Gasteiger partial charge in [-0.05, 0) is 109 Å². The van der Waals surface area contributed by atoms with Crippen molar-refractivity contribution in [1.82, 2.24) is 4.90 Å². The number of ketones is 1. The van der Waals surface area contributed by atoms with Gasteiger partial charge in [0.25, 0.3) is 11.7 Å². The average Bonchev–Trinajstić information content (AvgIpc) is 3.22. The Morgan fingerprint density at radius 3 is 2.20 bits per heavy atom. The van der Waals surface area contributed by atoms with Crippen molar-refractivity contribution in [1.29, 1.82) is 0 Å². The number of carbonyl (C=O) groups is 3. The topological polar surface area (TPSA) is 194 Å². The summed E-state index contributed by atoms with van der Waals surface area (Å²) in [6.07, 6.45) is 5.99. The van der Waals surface area contributed by atoms with Gasteiger partial charge in [0.2, 0.25) is 5.79 Å². The number of piperidine rings is 1. The van der Waals surface area contributed by atoms with Crippen molar-refractivity contribution in [2.75, 3.05) is 27.9 Å². The van der Waals surface area contributed by atoms with Gasteiger partial charge in [0.1, 0.15) is 18.2 Å². The van der Waals surface area contributed by atoms with Gasteiger partial charge in [-0.2, -0.15) is 0 Å². The SMILES string of the molecule is C.CO[C@H]1C[C@@H](C)C/C(C)=C/[C@@H](CC=C(C)C)/C(=N\O)C[C@H](O)[C@@H](C)[C@@H](/C(C)=C/[C@@H]2CC[C@@H](O)[C@H](OC)C2)OC(=O)[C@@H]2CCCCN2C(=O)C(=O)[C@]2(O)O[C@H]1[C@@H](OC)C[C@H]2C. The summed E-state index contributed by atoms with van der Waals surface area (Å²) in [5, 5.41) is 48.8. The van der Waals surface area contributed by atoms with Crippen LogP contribution in [0.3, 0.4) is 0 Å². The van der Waals surface area contributed by atoms with E-state index >= 15 is 0 Å². The molecule has 14 nitrogen and oxygen atoms in total. The fourth-order valence-electron chi connectivity index (χ4n) is 9.74. The van der Waals surface area contributed by atoms with Gasteiger partial charge in [-0.25, -0.2) is 4.79 Å². The summed E-state index contributed by atoms with van der Waals surface area (Å²) in [6, 6.07) is -1.14. The van der Waals surface area contributed by atoms with Crippen molar-refractivity contribution in [3.63, 3.8) is 0 Å². The van der Waals surface area contributed by atoms with E-state index in [-0.39, 0.29) is 57.1 Å². The van der Waals surface area contributed by atoms with Crippen LogP contribution < -0.4 is 0 Å². The maximum atomic E-state index is 14.4. The summed E-state index contributed by atoms with van der Waals surface area (Å²) < 4.78 is 30.0. The molecular formula is C47H78N2O12. The molecule has 4 N–H and O–H groups in total. The minimum absolute atomic E-state index is 0. The molecule has 3 heterocycles. The van der Waals surface area contributed by atoms with Crippen LogP contribution in [-0.2, 0) is 38.1 Å². The Labute approximate surface area is 364 Å². The van der Waals surface area contributed by atoms with E-state index in [9.17, 15) is 34.9 Å². The number of aliphatic hydroxyl groups excluding tert-OH is 2. The van der Waals surface area contributed by atoms with E-state index in [1.165, 1.54) is 19.1 Å². The molecule has 3 fully saturated rings. The molecule has 0 unspecified atom stereocenters. The zero-order chi connectivity index (χ0) is 44.5. The number of esters is 1. The van der Waals surface area contributed by atoms with Gasteiger partial charge in [0.05, 0.1) is 36.2 Å². The standard InChI is InChI=1S/C46H74N2O12.CH4/c1-26(2)14-16-33-20-27(3)19-28(4)21-39(57-9)42-40(58-10)23-30(6)46(54,60-42)43(51)44(52)48-18-12-11-13-35(48)45(53)59-41(31(7)37(50)25-34(33)47-55)29(5)22-32-15-17-36(49)38(24-32)56-8;/h14,20,22,28,30-33,35-42,49-50,54-55H,11-13,15-19,21,23-25H2,1-10H3;1H4/b27-20+,29-22+,47-34-;/t28-,30+,31+,32-,33+,35-,36+,37-,38+,39-,40-,41+,42+,46+;/m0./s1. The second-order valence-electron chi connectivity index (χ2n) is 18.4. The van der Waals surface area contributed by atoms with Crippen molar-refractivity contribution < 1.29 is 58.6 Å². The number of fused-ring (bicyclic) bond motifs is 3. The highest BCUT2D eigenvalue weighted by atomic mass is 16.7. The van der Waals surface area contributed by atoms with Gasteiger partial charge in [-0.1, -0.05) is 62.7 Å².